The molecule has 1 saturated carbocycles. The average Bonchev–Trinajstić information content (AvgIpc) is 3.22. The molecule has 2 unspecified atom stereocenters. The Bertz CT molecular complexity index is 801. The highest BCUT2D eigenvalue weighted by atomic mass is 16.5. The van der Waals surface area contributed by atoms with Crippen molar-refractivity contribution in [2.75, 3.05) is 12.4 Å². The smallest absolute Gasteiger partial charge is 0.185 e. The molecule has 1 fully saturated rings. The number of ether oxygens (including phenoxy) is 1. The van der Waals surface area contributed by atoms with Gasteiger partial charge in [0.25, 0.3) is 0 Å². The van der Waals surface area contributed by atoms with Gasteiger partial charge in [-0.3, -0.25) is 0 Å². The predicted octanol–water partition coefficient (Wildman–Crippen LogP) is 2.77. The highest BCUT2D eigenvalue weighted by Crippen LogP contribution is 2.25. The lowest BCUT2D eigenvalue weighted by Gasteiger charge is -2.13. The van der Waals surface area contributed by atoms with Crippen molar-refractivity contribution < 1.29 is 4.74 Å². The van der Waals surface area contributed by atoms with Crippen LogP contribution in [0.4, 0.5) is 5.82 Å². The molecule has 2 heterocycles. The molecule has 1 aliphatic rings. The number of anilines is 1. The zero-order chi connectivity index (χ0) is 15.6. The van der Waals surface area contributed by atoms with Crippen molar-refractivity contribution in [1.29, 1.82) is 0 Å². The van der Waals surface area contributed by atoms with Gasteiger partial charge in [0.15, 0.2) is 11.5 Å². The van der Waals surface area contributed by atoms with Gasteiger partial charge in [-0.15, -0.1) is 15.3 Å². The van der Waals surface area contributed by atoms with Crippen molar-refractivity contribution in [3.63, 3.8) is 0 Å². The third kappa shape index (κ3) is 2.77. The van der Waals surface area contributed by atoms with Crippen LogP contribution in [-0.2, 0) is 4.74 Å². The number of benzene rings is 1. The number of hydrogen-bond acceptors (Lipinski definition) is 5. The highest BCUT2D eigenvalue weighted by molar-refractivity contribution is 5.59. The van der Waals surface area contributed by atoms with Crippen LogP contribution in [0.3, 0.4) is 0 Å². The molecule has 0 saturated heterocycles. The summed E-state index contributed by atoms with van der Waals surface area (Å²) >= 11 is 0. The fourth-order valence-corrected chi connectivity index (χ4v) is 3.13. The molecule has 1 aliphatic carbocycles. The van der Waals surface area contributed by atoms with E-state index < -0.39 is 0 Å². The Hall–Kier alpha value is -2.47. The normalized spacial score (nSPS) is 20.9. The van der Waals surface area contributed by atoms with E-state index in [1.807, 2.05) is 42.5 Å². The highest BCUT2D eigenvalue weighted by Gasteiger charge is 2.24. The van der Waals surface area contributed by atoms with Crippen LogP contribution in [0.1, 0.15) is 19.3 Å². The summed E-state index contributed by atoms with van der Waals surface area (Å²) in [6.07, 6.45) is 3.57. The molecule has 2 atom stereocenters. The van der Waals surface area contributed by atoms with Crippen LogP contribution in [0.25, 0.3) is 17.0 Å². The van der Waals surface area contributed by atoms with Crippen LogP contribution in [0.5, 0.6) is 0 Å². The topological polar surface area (TPSA) is 64.3 Å². The van der Waals surface area contributed by atoms with Crippen LogP contribution >= 0.6 is 0 Å². The van der Waals surface area contributed by atoms with Gasteiger partial charge >= 0.3 is 0 Å². The summed E-state index contributed by atoms with van der Waals surface area (Å²) in [7, 11) is 1.78. The summed E-state index contributed by atoms with van der Waals surface area (Å²) in [5.74, 6) is 1.60. The lowest BCUT2D eigenvalue weighted by molar-refractivity contribution is 0.108. The molecule has 3 aromatic rings. The number of nitrogens with one attached hydrogen (secondary N) is 1. The molecule has 0 amide bonds. The van der Waals surface area contributed by atoms with Gasteiger partial charge in [0, 0.05) is 18.7 Å². The van der Waals surface area contributed by atoms with E-state index in [9.17, 15) is 0 Å². The second-order valence-electron chi connectivity index (χ2n) is 5.89. The molecular formula is C17H19N5O. The summed E-state index contributed by atoms with van der Waals surface area (Å²) in [5.41, 5.74) is 1.75. The quantitative estimate of drug-likeness (QED) is 0.803. The van der Waals surface area contributed by atoms with Gasteiger partial charge in [-0.05, 0) is 31.4 Å². The number of hydrogen-bond donors (Lipinski definition) is 1. The van der Waals surface area contributed by atoms with Gasteiger partial charge in [0.1, 0.15) is 5.82 Å². The number of fused-ring (bicyclic) bond motifs is 1. The van der Waals surface area contributed by atoms with E-state index >= 15 is 0 Å². The Morgan fingerprint density at radius 1 is 1.09 bits per heavy atom. The van der Waals surface area contributed by atoms with Gasteiger partial charge in [-0.25, -0.2) is 0 Å². The molecule has 0 aliphatic heterocycles. The summed E-state index contributed by atoms with van der Waals surface area (Å²) in [6.45, 7) is 0. The van der Waals surface area contributed by atoms with E-state index in [1.165, 1.54) is 0 Å². The van der Waals surface area contributed by atoms with Crippen molar-refractivity contribution in [3.05, 3.63) is 42.5 Å². The van der Waals surface area contributed by atoms with Crippen LogP contribution in [-0.4, -0.2) is 39.1 Å². The second-order valence-corrected chi connectivity index (χ2v) is 5.89. The maximum absolute atomic E-state index is 5.43. The average molecular weight is 309 g/mol. The number of nitrogens with zero attached hydrogens (tertiary/aromatic N) is 4. The number of methoxy groups -OCH3 is 1. The van der Waals surface area contributed by atoms with Gasteiger partial charge < -0.3 is 10.1 Å². The molecule has 6 nitrogen and oxygen atoms in total. The molecule has 1 aromatic carbocycles. The van der Waals surface area contributed by atoms with Gasteiger partial charge in [0.05, 0.1) is 6.10 Å². The molecular weight excluding hydrogens is 290 g/mol. The molecule has 0 spiro atoms. The zero-order valence-electron chi connectivity index (χ0n) is 13.0. The van der Waals surface area contributed by atoms with E-state index in [2.05, 4.69) is 20.6 Å². The first-order valence-corrected chi connectivity index (χ1v) is 7.91. The first-order valence-electron chi connectivity index (χ1n) is 7.91. The molecule has 118 valence electrons. The SMILES string of the molecule is COC1CCC(Nc2ccc3nnc(-c4ccccc4)n3n2)C1. The molecule has 4 rings (SSSR count). The largest absolute Gasteiger partial charge is 0.381 e. The standard InChI is InChI=1S/C17H19N5O/c1-23-14-8-7-13(11-14)18-15-9-10-16-19-20-17(22(16)21-15)12-5-3-2-4-6-12/h2-6,9-10,13-14H,7-8,11H2,1H3,(H,18,21). The van der Waals surface area contributed by atoms with Crippen molar-refractivity contribution in [3.8, 4) is 11.4 Å². The maximum Gasteiger partial charge on any atom is 0.185 e. The minimum absolute atomic E-state index is 0.353. The third-order valence-corrected chi connectivity index (χ3v) is 4.36. The molecule has 0 radical (unpaired) electrons. The first-order chi connectivity index (χ1) is 11.3. The van der Waals surface area contributed by atoms with E-state index in [1.54, 1.807) is 11.6 Å². The predicted molar refractivity (Wildman–Crippen MR) is 88.3 cm³/mol. The Morgan fingerprint density at radius 2 is 1.96 bits per heavy atom. The Labute approximate surface area is 134 Å². The van der Waals surface area contributed by atoms with Crippen molar-refractivity contribution in [2.24, 2.45) is 0 Å². The molecule has 2 aromatic heterocycles. The van der Waals surface area contributed by atoms with E-state index in [0.717, 1.165) is 42.1 Å². The van der Waals surface area contributed by atoms with E-state index in [-0.39, 0.29) is 0 Å². The van der Waals surface area contributed by atoms with Gasteiger partial charge in [0.2, 0.25) is 0 Å². The van der Waals surface area contributed by atoms with Crippen LogP contribution in [0, 0.1) is 0 Å². The van der Waals surface area contributed by atoms with Crippen LogP contribution in [0.2, 0.25) is 0 Å². The summed E-state index contributed by atoms with van der Waals surface area (Å²) in [6, 6.07) is 14.3. The summed E-state index contributed by atoms with van der Waals surface area (Å²) in [4.78, 5) is 0. The maximum atomic E-state index is 5.43. The summed E-state index contributed by atoms with van der Waals surface area (Å²) in [5, 5.41) is 16.6. The molecule has 6 heteroatoms. The Balaban J connectivity index is 1.62. The lowest BCUT2D eigenvalue weighted by atomic mass is 10.2. The van der Waals surface area contributed by atoms with Crippen molar-refractivity contribution in [2.45, 2.75) is 31.4 Å². The van der Waals surface area contributed by atoms with E-state index in [4.69, 9.17) is 4.74 Å². The van der Waals surface area contributed by atoms with Gasteiger partial charge in [-0.2, -0.15) is 4.52 Å². The molecule has 23 heavy (non-hydrogen) atoms. The Morgan fingerprint density at radius 3 is 2.74 bits per heavy atom. The number of rotatable bonds is 4. The minimum Gasteiger partial charge on any atom is -0.381 e. The fraction of sp³-hybridized carbons (Fsp3) is 0.353. The van der Waals surface area contributed by atoms with Crippen molar-refractivity contribution >= 4 is 11.5 Å². The zero-order valence-corrected chi connectivity index (χ0v) is 13.0. The second kappa shape index (κ2) is 5.96. The number of aromatic nitrogens is 4. The first kappa shape index (κ1) is 14.1. The minimum atomic E-state index is 0.353. The molecule has 1 N–H and O–H groups in total. The third-order valence-electron chi connectivity index (χ3n) is 4.36. The van der Waals surface area contributed by atoms with Crippen molar-refractivity contribution in [1.82, 2.24) is 19.8 Å². The fourth-order valence-electron chi connectivity index (χ4n) is 3.13. The summed E-state index contributed by atoms with van der Waals surface area (Å²) < 4.78 is 7.22. The Kier molecular flexibility index (Phi) is 3.67. The van der Waals surface area contributed by atoms with Crippen LogP contribution in [0.15, 0.2) is 42.5 Å². The van der Waals surface area contributed by atoms with Gasteiger partial charge in [-0.1, -0.05) is 30.3 Å². The van der Waals surface area contributed by atoms with Crippen LogP contribution < -0.4 is 5.32 Å². The lowest BCUT2D eigenvalue weighted by Crippen LogP contribution is -2.18. The van der Waals surface area contributed by atoms with E-state index in [0.29, 0.717) is 12.1 Å². The molecule has 0 bridgehead atoms. The monoisotopic (exact) mass is 309 g/mol.